The third-order valence-electron chi connectivity index (χ3n) is 5.70. The lowest BCUT2D eigenvalue weighted by atomic mass is 9.99. The molecule has 1 unspecified atom stereocenters. The van der Waals surface area contributed by atoms with Crippen LogP contribution in [0.2, 0.25) is 0 Å². The predicted molar refractivity (Wildman–Crippen MR) is 138 cm³/mol. The minimum atomic E-state index is -4.16. The molecule has 208 valence electrons. The molecule has 0 aliphatic heterocycles. The van der Waals surface area contributed by atoms with Gasteiger partial charge in [0.25, 0.3) is 22.0 Å². The lowest BCUT2D eigenvalue weighted by Crippen LogP contribution is -2.30. The Morgan fingerprint density at radius 1 is 1.08 bits per heavy atom. The van der Waals surface area contributed by atoms with Crippen molar-refractivity contribution in [3.63, 3.8) is 0 Å². The smallest absolute Gasteiger partial charge is 0.300 e. The van der Waals surface area contributed by atoms with Crippen LogP contribution in [0.1, 0.15) is 27.9 Å². The molecule has 1 aliphatic rings. The number of hydrogen-bond acceptors (Lipinski definition) is 5. The molecule has 4 N–H and O–H groups in total. The van der Waals surface area contributed by atoms with Crippen LogP contribution in [-0.2, 0) is 16.6 Å². The van der Waals surface area contributed by atoms with E-state index in [4.69, 9.17) is 0 Å². The van der Waals surface area contributed by atoms with Crippen molar-refractivity contribution < 1.29 is 39.6 Å². The average molecular weight is 685 g/mol. The van der Waals surface area contributed by atoms with E-state index in [1.807, 2.05) is 37.4 Å². The Bertz CT molecular complexity index is 1570. The van der Waals surface area contributed by atoms with Gasteiger partial charge < -0.3 is 10.6 Å². The third kappa shape index (κ3) is 6.38. The van der Waals surface area contributed by atoms with Crippen LogP contribution < -0.4 is 20.1 Å². The van der Waals surface area contributed by atoms with E-state index in [1.165, 1.54) is 12.1 Å². The Hall–Kier alpha value is -3.12. The standard InChI is InChI=1S/C23H18F6IN5O3S/c1-31-39(37,38)35-21-18(26)10(4-5-32-21)6-11-7-13(22(36)34-16-9-23(16,28)29)20(19(27)17(11)25)33-15-3-2-12(30)8-14(15)24/h2-5,7-8,16,31,33H,6,9H2,1H3,(H,32,35)(H,34,36). The lowest BCUT2D eigenvalue weighted by molar-refractivity contribution is 0.0849. The first kappa shape index (κ1) is 28.9. The summed E-state index contributed by atoms with van der Waals surface area (Å²) in [5.41, 5.74) is -2.69. The molecular weight excluding hydrogens is 667 g/mol. The first-order valence-electron chi connectivity index (χ1n) is 11.0. The molecule has 0 radical (unpaired) electrons. The molecule has 1 amide bonds. The average Bonchev–Trinajstić information content (AvgIpc) is 3.47. The van der Waals surface area contributed by atoms with Crippen molar-refractivity contribution in [2.45, 2.75) is 24.8 Å². The summed E-state index contributed by atoms with van der Waals surface area (Å²) in [6.45, 7) is 0. The number of amides is 1. The topological polar surface area (TPSA) is 112 Å². The summed E-state index contributed by atoms with van der Waals surface area (Å²) in [6.07, 6.45) is -0.334. The van der Waals surface area contributed by atoms with Crippen LogP contribution in [0.5, 0.6) is 0 Å². The zero-order valence-electron chi connectivity index (χ0n) is 19.7. The number of hydrogen-bond donors (Lipinski definition) is 4. The molecule has 1 aliphatic carbocycles. The quantitative estimate of drug-likeness (QED) is 0.195. The van der Waals surface area contributed by atoms with Gasteiger partial charge in [-0.3, -0.25) is 9.52 Å². The fraction of sp³-hybridized carbons (Fsp3) is 0.217. The summed E-state index contributed by atoms with van der Waals surface area (Å²) in [7, 11) is -3.10. The molecule has 1 fully saturated rings. The molecule has 4 rings (SSSR count). The van der Waals surface area contributed by atoms with Crippen molar-refractivity contribution in [1.29, 1.82) is 0 Å². The zero-order chi connectivity index (χ0) is 28.7. The summed E-state index contributed by atoms with van der Waals surface area (Å²) < 4.78 is 114. The van der Waals surface area contributed by atoms with Crippen molar-refractivity contribution in [1.82, 2.24) is 15.0 Å². The molecule has 3 aromatic rings. The van der Waals surface area contributed by atoms with Crippen molar-refractivity contribution in [2.24, 2.45) is 0 Å². The number of carbonyl (C=O) groups is 1. The van der Waals surface area contributed by atoms with Crippen LogP contribution in [0.25, 0.3) is 0 Å². The molecule has 0 bridgehead atoms. The zero-order valence-corrected chi connectivity index (χ0v) is 22.7. The van der Waals surface area contributed by atoms with Crippen LogP contribution in [0.15, 0.2) is 36.5 Å². The minimum Gasteiger partial charge on any atom is -0.350 e. The number of carbonyl (C=O) groups excluding carboxylic acids is 1. The fourth-order valence-electron chi connectivity index (χ4n) is 3.51. The second-order valence-corrected chi connectivity index (χ2v) is 11.3. The molecule has 0 saturated heterocycles. The highest BCUT2D eigenvalue weighted by Crippen LogP contribution is 2.42. The number of nitrogens with zero attached hydrogens (tertiary/aromatic N) is 1. The van der Waals surface area contributed by atoms with Crippen molar-refractivity contribution >= 4 is 55.9 Å². The number of anilines is 3. The normalized spacial score (nSPS) is 16.1. The van der Waals surface area contributed by atoms with E-state index in [2.05, 4.69) is 10.3 Å². The monoisotopic (exact) mass is 685 g/mol. The molecule has 1 atom stereocenters. The molecule has 16 heteroatoms. The largest absolute Gasteiger partial charge is 0.350 e. The number of benzene rings is 2. The summed E-state index contributed by atoms with van der Waals surface area (Å²) in [4.78, 5) is 16.4. The van der Waals surface area contributed by atoms with Crippen LogP contribution in [0, 0.1) is 26.8 Å². The van der Waals surface area contributed by atoms with E-state index in [-0.39, 0.29) is 11.3 Å². The van der Waals surface area contributed by atoms with E-state index in [9.17, 15) is 30.8 Å². The molecule has 2 aromatic carbocycles. The highest BCUT2D eigenvalue weighted by molar-refractivity contribution is 14.1. The molecule has 1 heterocycles. The second kappa shape index (κ2) is 10.8. The van der Waals surface area contributed by atoms with Crippen LogP contribution in [-0.4, -0.2) is 38.3 Å². The van der Waals surface area contributed by atoms with Gasteiger partial charge in [-0.05, 0) is 64.0 Å². The van der Waals surface area contributed by atoms with E-state index < -0.39 is 86.8 Å². The number of alkyl halides is 2. The molecule has 1 saturated carbocycles. The van der Waals surface area contributed by atoms with Gasteiger partial charge in [-0.25, -0.2) is 36.0 Å². The number of nitrogens with one attached hydrogen (secondary N) is 4. The van der Waals surface area contributed by atoms with Crippen LogP contribution in [0.3, 0.4) is 0 Å². The molecule has 8 nitrogen and oxygen atoms in total. The van der Waals surface area contributed by atoms with Gasteiger partial charge in [0.1, 0.15) is 5.82 Å². The maximum atomic E-state index is 15.3. The van der Waals surface area contributed by atoms with E-state index in [0.717, 1.165) is 31.4 Å². The highest BCUT2D eigenvalue weighted by atomic mass is 127. The van der Waals surface area contributed by atoms with E-state index in [0.29, 0.717) is 3.57 Å². The number of pyridine rings is 1. The van der Waals surface area contributed by atoms with Gasteiger partial charge in [0.2, 0.25) is 0 Å². The van der Waals surface area contributed by atoms with Crippen molar-refractivity contribution in [3.8, 4) is 0 Å². The molecule has 39 heavy (non-hydrogen) atoms. The third-order valence-corrected chi connectivity index (χ3v) is 7.37. The summed E-state index contributed by atoms with van der Waals surface area (Å²) in [6, 6.07) is 4.09. The second-order valence-electron chi connectivity index (χ2n) is 8.45. The van der Waals surface area contributed by atoms with Gasteiger partial charge in [-0.15, -0.1) is 0 Å². The Labute approximate surface area is 231 Å². The molecule has 1 aromatic heterocycles. The van der Waals surface area contributed by atoms with Gasteiger partial charge in [-0.2, -0.15) is 8.42 Å². The van der Waals surface area contributed by atoms with Gasteiger partial charge in [0.05, 0.1) is 23.0 Å². The first-order valence-corrected chi connectivity index (χ1v) is 13.5. The SMILES string of the molecule is CNS(=O)(=O)Nc1nccc(Cc2cc(C(=O)NC3CC3(F)F)c(Nc3ccc(I)cc3F)c(F)c2F)c1F. The maximum absolute atomic E-state index is 15.3. The highest BCUT2D eigenvalue weighted by Gasteiger charge is 2.58. The van der Waals surface area contributed by atoms with E-state index >= 15 is 8.78 Å². The first-order chi connectivity index (χ1) is 18.2. The maximum Gasteiger partial charge on any atom is 0.300 e. The van der Waals surface area contributed by atoms with Crippen molar-refractivity contribution in [2.75, 3.05) is 17.1 Å². The summed E-state index contributed by atoms with van der Waals surface area (Å²) >= 11 is 1.82. The molecule has 0 spiro atoms. The van der Waals surface area contributed by atoms with Gasteiger partial charge in [0, 0.05) is 29.7 Å². The minimum absolute atomic E-state index is 0.325. The van der Waals surface area contributed by atoms with Gasteiger partial charge >= 0.3 is 0 Å². The summed E-state index contributed by atoms with van der Waals surface area (Å²) in [5.74, 6) is -10.4. The van der Waals surface area contributed by atoms with Crippen LogP contribution >= 0.6 is 22.6 Å². The summed E-state index contributed by atoms with van der Waals surface area (Å²) in [5, 5.41) is 4.33. The number of rotatable bonds is 9. The number of aromatic nitrogens is 1. The van der Waals surface area contributed by atoms with Gasteiger partial charge in [0.15, 0.2) is 23.3 Å². The Kier molecular flexibility index (Phi) is 8.00. The predicted octanol–water partition coefficient (Wildman–Crippen LogP) is 4.59. The Balaban J connectivity index is 1.76. The van der Waals surface area contributed by atoms with E-state index in [1.54, 1.807) is 0 Å². The number of halogens is 7. The molecular formula is C23H18F6IN5O3S. The Morgan fingerprint density at radius 2 is 1.77 bits per heavy atom. The fourth-order valence-corrected chi connectivity index (χ4v) is 4.47. The van der Waals surface area contributed by atoms with Crippen molar-refractivity contribution in [3.05, 3.63) is 80.1 Å². The Morgan fingerprint density at radius 3 is 2.38 bits per heavy atom. The van der Waals surface area contributed by atoms with Gasteiger partial charge in [-0.1, -0.05) is 0 Å². The van der Waals surface area contributed by atoms with Crippen LogP contribution in [0.4, 0.5) is 43.5 Å². The lowest BCUT2D eigenvalue weighted by Gasteiger charge is -2.17.